The van der Waals surface area contributed by atoms with E-state index in [1.165, 1.54) is 17.7 Å². The predicted octanol–water partition coefficient (Wildman–Crippen LogP) is 3.45. The van der Waals surface area contributed by atoms with Gasteiger partial charge in [-0.15, -0.1) is 0 Å². The van der Waals surface area contributed by atoms with Crippen molar-refractivity contribution in [2.24, 2.45) is 10.2 Å². The highest BCUT2D eigenvalue weighted by molar-refractivity contribution is 7.89. The number of primary sulfonamides is 1. The first-order valence-electron chi connectivity index (χ1n) is 7.60. The zero-order valence-electron chi connectivity index (χ0n) is 13.3. The maximum absolute atomic E-state index is 11.2. The number of hydrazone groups is 1. The van der Waals surface area contributed by atoms with Gasteiger partial charge in [-0.1, -0.05) is 54.6 Å². The van der Waals surface area contributed by atoms with Crippen LogP contribution in [0.4, 0.5) is 5.69 Å². The van der Waals surface area contributed by atoms with E-state index >= 15 is 0 Å². The van der Waals surface area contributed by atoms with Crippen molar-refractivity contribution >= 4 is 21.9 Å². The fourth-order valence-corrected chi connectivity index (χ4v) is 2.81. The fraction of sp³-hybridized carbons (Fsp3) is 0. The summed E-state index contributed by atoms with van der Waals surface area (Å²) in [6, 6.07) is 24.3. The highest BCUT2D eigenvalue weighted by Gasteiger charge is 2.06. The summed E-state index contributed by atoms with van der Waals surface area (Å²) < 4.78 is 22.4. The van der Waals surface area contributed by atoms with Gasteiger partial charge in [0.15, 0.2) is 0 Å². The summed E-state index contributed by atoms with van der Waals surface area (Å²) in [6.07, 6.45) is 1.70. The first-order valence-corrected chi connectivity index (χ1v) is 9.14. The van der Waals surface area contributed by atoms with E-state index in [0.29, 0.717) is 5.69 Å². The first-order chi connectivity index (χ1) is 12.0. The van der Waals surface area contributed by atoms with Crippen LogP contribution >= 0.6 is 0 Å². The Bertz CT molecular complexity index is 965. The summed E-state index contributed by atoms with van der Waals surface area (Å²) in [5.74, 6) is 0. The first kappa shape index (κ1) is 16.9. The van der Waals surface area contributed by atoms with Gasteiger partial charge >= 0.3 is 0 Å². The van der Waals surface area contributed by atoms with Gasteiger partial charge in [0, 0.05) is 0 Å². The SMILES string of the molecule is NS(=O)(=O)c1ccc(N/N=C/c2ccc(-c3ccccc3)cc2)cc1. The molecule has 3 rings (SSSR count). The average molecular weight is 351 g/mol. The third kappa shape index (κ3) is 4.53. The maximum Gasteiger partial charge on any atom is 0.238 e. The molecule has 0 spiro atoms. The van der Waals surface area contributed by atoms with Gasteiger partial charge in [0.2, 0.25) is 10.0 Å². The zero-order chi connectivity index (χ0) is 17.7. The summed E-state index contributed by atoms with van der Waals surface area (Å²) >= 11 is 0. The van der Waals surface area contributed by atoms with Crippen molar-refractivity contribution in [3.05, 3.63) is 84.4 Å². The van der Waals surface area contributed by atoms with Crippen molar-refractivity contribution < 1.29 is 8.42 Å². The third-order valence-corrected chi connectivity index (χ3v) is 4.54. The molecule has 25 heavy (non-hydrogen) atoms. The van der Waals surface area contributed by atoms with Crippen LogP contribution in [0, 0.1) is 0 Å². The highest BCUT2D eigenvalue weighted by atomic mass is 32.2. The number of hydrogen-bond donors (Lipinski definition) is 2. The molecule has 0 aliphatic heterocycles. The van der Waals surface area contributed by atoms with Gasteiger partial charge in [-0.25, -0.2) is 13.6 Å². The normalized spacial score (nSPS) is 11.6. The van der Waals surface area contributed by atoms with Gasteiger partial charge in [0.05, 0.1) is 16.8 Å². The Labute approximate surface area is 146 Å². The van der Waals surface area contributed by atoms with E-state index in [4.69, 9.17) is 5.14 Å². The third-order valence-electron chi connectivity index (χ3n) is 3.61. The molecule has 126 valence electrons. The van der Waals surface area contributed by atoms with Crippen LogP contribution in [0.3, 0.4) is 0 Å². The smallest absolute Gasteiger partial charge is 0.238 e. The molecule has 6 heteroatoms. The molecular weight excluding hydrogens is 334 g/mol. The molecule has 0 bridgehead atoms. The van der Waals surface area contributed by atoms with E-state index in [9.17, 15) is 8.42 Å². The van der Waals surface area contributed by atoms with Crippen molar-refractivity contribution in [2.45, 2.75) is 4.90 Å². The minimum atomic E-state index is -3.68. The van der Waals surface area contributed by atoms with Crippen molar-refractivity contribution in [1.29, 1.82) is 0 Å². The Morgan fingerprint density at radius 1 is 0.800 bits per heavy atom. The number of hydrogen-bond acceptors (Lipinski definition) is 4. The molecule has 3 aromatic rings. The Hall–Kier alpha value is -2.96. The van der Waals surface area contributed by atoms with Gasteiger partial charge in [-0.2, -0.15) is 5.10 Å². The van der Waals surface area contributed by atoms with Gasteiger partial charge in [0.1, 0.15) is 0 Å². The number of rotatable bonds is 5. The Balaban J connectivity index is 1.64. The number of sulfonamides is 1. The predicted molar refractivity (Wildman–Crippen MR) is 101 cm³/mol. The molecule has 0 amide bonds. The number of nitrogens with two attached hydrogens (primary N) is 1. The summed E-state index contributed by atoms with van der Waals surface area (Å²) in [6.45, 7) is 0. The largest absolute Gasteiger partial charge is 0.279 e. The van der Waals surface area contributed by atoms with Gasteiger partial charge in [-0.3, -0.25) is 5.43 Å². The lowest BCUT2D eigenvalue weighted by Gasteiger charge is -2.03. The van der Waals surface area contributed by atoms with Crippen LogP contribution in [0.2, 0.25) is 0 Å². The van der Waals surface area contributed by atoms with Crippen LogP contribution in [0.1, 0.15) is 5.56 Å². The minimum Gasteiger partial charge on any atom is -0.279 e. The van der Waals surface area contributed by atoms with E-state index in [1.54, 1.807) is 18.3 Å². The standard InChI is InChI=1S/C19H17N3O2S/c20-25(23,24)19-12-10-18(11-13-19)22-21-14-15-6-8-17(9-7-15)16-4-2-1-3-5-16/h1-14,22H,(H2,20,23,24)/b21-14+. The monoisotopic (exact) mass is 351 g/mol. The fourth-order valence-electron chi connectivity index (χ4n) is 2.29. The van der Waals surface area contributed by atoms with E-state index in [1.807, 2.05) is 42.5 Å². The number of anilines is 1. The van der Waals surface area contributed by atoms with E-state index in [-0.39, 0.29) is 4.90 Å². The number of nitrogens with one attached hydrogen (secondary N) is 1. The average Bonchev–Trinajstić information content (AvgIpc) is 2.63. The van der Waals surface area contributed by atoms with Gasteiger partial charge < -0.3 is 0 Å². The lowest BCUT2D eigenvalue weighted by Crippen LogP contribution is -2.11. The molecule has 0 radical (unpaired) electrons. The molecule has 3 aromatic carbocycles. The minimum absolute atomic E-state index is 0.0681. The van der Waals surface area contributed by atoms with E-state index < -0.39 is 10.0 Å². The lowest BCUT2D eigenvalue weighted by atomic mass is 10.0. The summed E-state index contributed by atoms with van der Waals surface area (Å²) in [7, 11) is -3.68. The number of nitrogens with zero attached hydrogens (tertiary/aromatic N) is 1. The zero-order valence-corrected chi connectivity index (χ0v) is 14.1. The highest BCUT2D eigenvalue weighted by Crippen LogP contribution is 2.18. The lowest BCUT2D eigenvalue weighted by molar-refractivity contribution is 0.598. The van der Waals surface area contributed by atoms with Gasteiger partial charge in [-0.05, 0) is 41.0 Å². The second-order valence-electron chi connectivity index (χ2n) is 5.43. The Morgan fingerprint density at radius 2 is 1.40 bits per heavy atom. The summed E-state index contributed by atoms with van der Waals surface area (Å²) in [5, 5.41) is 9.21. The topological polar surface area (TPSA) is 84.5 Å². The maximum atomic E-state index is 11.2. The van der Waals surface area contributed by atoms with Crippen LogP contribution < -0.4 is 10.6 Å². The molecule has 0 aliphatic carbocycles. The van der Waals surface area contributed by atoms with Gasteiger partial charge in [0.25, 0.3) is 0 Å². The molecule has 0 saturated carbocycles. The van der Waals surface area contributed by atoms with Crippen LogP contribution in [-0.4, -0.2) is 14.6 Å². The molecule has 0 heterocycles. The quantitative estimate of drug-likeness (QED) is 0.545. The molecule has 5 nitrogen and oxygen atoms in total. The summed E-state index contributed by atoms with van der Waals surface area (Å²) in [4.78, 5) is 0.0681. The van der Waals surface area contributed by atoms with Crippen molar-refractivity contribution in [3.63, 3.8) is 0 Å². The van der Waals surface area contributed by atoms with Crippen molar-refractivity contribution in [3.8, 4) is 11.1 Å². The molecule has 0 aliphatic rings. The van der Waals surface area contributed by atoms with Crippen LogP contribution in [-0.2, 0) is 10.0 Å². The Kier molecular flexibility index (Phi) is 4.92. The molecule has 0 unspecified atom stereocenters. The number of benzene rings is 3. The Morgan fingerprint density at radius 3 is 2.00 bits per heavy atom. The summed E-state index contributed by atoms with van der Waals surface area (Å²) in [5.41, 5.74) is 6.78. The molecule has 3 N–H and O–H groups in total. The second-order valence-corrected chi connectivity index (χ2v) is 6.99. The molecule has 0 fully saturated rings. The van der Waals surface area contributed by atoms with Crippen LogP contribution in [0.5, 0.6) is 0 Å². The second kappa shape index (κ2) is 7.29. The molecule has 0 saturated heterocycles. The van der Waals surface area contributed by atoms with E-state index in [2.05, 4.69) is 22.7 Å². The van der Waals surface area contributed by atoms with Crippen molar-refractivity contribution in [1.82, 2.24) is 0 Å². The molecule has 0 atom stereocenters. The van der Waals surface area contributed by atoms with Crippen LogP contribution in [0.25, 0.3) is 11.1 Å². The van der Waals surface area contributed by atoms with Crippen LogP contribution in [0.15, 0.2) is 88.9 Å². The van der Waals surface area contributed by atoms with E-state index in [0.717, 1.165) is 11.1 Å². The van der Waals surface area contributed by atoms with Crippen molar-refractivity contribution in [2.75, 3.05) is 5.43 Å². The molecule has 0 aromatic heterocycles. The molecular formula is C19H17N3O2S.